The number of aliphatic hydroxyl groups is 1. The van der Waals surface area contributed by atoms with Gasteiger partial charge in [-0.3, -0.25) is 9.69 Å². The lowest BCUT2D eigenvalue weighted by atomic mass is 10.1. The molecule has 0 radical (unpaired) electrons. The summed E-state index contributed by atoms with van der Waals surface area (Å²) in [5.41, 5.74) is -0.332. The summed E-state index contributed by atoms with van der Waals surface area (Å²) in [6.45, 7) is 7.03. The highest BCUT2D eigenvalue weighted by Gasteiger charge is 2.26. The molecule has 0 atom stereocenters. The van der Waals surface area contributed by atoms with Gasteiger partial charge in [-0.1, -0.05) is 0 Å². The van der Waals surface area contributed by atoms with Crippen molar-refractivity contribution in [1.82, 2.24) is 20.0 Å². The summed E-state index contributed by atoms with van der Waals surface area (Å²) in [7, 11) is 3.76. The fraction of sp³-hybridized carbons (Fsp3) is 0.667. The molecule has 0 aliphatic carbocycles. The molecule has 2 rings (SSSR count). The molecule has 2 heterocycles. The van der Waals surface area contributed by atoms with Crippen molar-refractivity contribution in [3.8, 4) is 0 Å². The summed E-state index contributed by atoms with van der Waals surface area (Å²) < 4.78 is 0. The number of β-amino-alcohol motifs (C(OH)–C–C–N with tert-alkyl or cyclic N) is 1. The van der Waals surface area contributed by atoms with Gasteiger partial charge in [-0.15, -0.1) is 10.2 Å². The highest BCUT2D eigenvalue weighted by molar-refractivity contribution is 5.92. The van der Waals surface area contributed by atoms with Gasteiger partial charge in [0.15, 0.2) is 11.5 Å². The van der Waals surface area contributed by atoms with E-state index in [4.69, 9.17) is 0 Å². The Morgan fingerprint density at radius 3 is 2.32 bits per heavy atom. The third-order valence-corrected chi connectivity index (χ3v) is 3.60. The summed E-state index contributed by atoms with van der Waals surface area (Å²) in [5, 5.41) is 17.9. The van der Waals surface area contributed by atoms with Crippen LogP contribution in [0, 0.1) is 0 Å². The lowest BCUT2D eigenvalue weighted by Crippen LogP contribution is -2.52. The van der Waals surface area contributed by atoms with Crippen LogP contribution in [0.15, 0.2) is 12.1 Å². The van der Waals surface area contributed by atoms with Crippen LogP contribution in [-0.2, 0) is 0 Å². The second-order valence-corrected chi connectivity index (χ2v) is 6.55. The van der Waals surface area contributed by atoms with Crippen molar-refractivity contribution < 1.29 is 9.90 Å². The van der Waals surface area contributed by atoms with E-state index in [9.17, 15) is 9.90 Å². The average molecular weight is 307 g/mol. The third-order valence-electron chi connectivity index (χ3n) is 3.60. The van der Waals surface area contributed by atoms with Gasteiger partial charge < -0.3 is 14.9 Å². The van der Waals surface area contributed by atoms with E-state index in [1.807, 2.05) is 19.0 Å². The topological polar surface area (TPSA) is 72.8 Å². The quantitative estimate of drug-likeness (QED) is 0.849. The van der Waals surface area contributed by atoms with Crippen molar-refractivity contribution in [1.29, 1.82) is 0 Å². The molecule has 1 aromatic rings. The lowest BCUT2D eigenvalue weighted by molar-refractivity contribution is 0.0177. The van der Waals surface area contributed by atoms with Gasteiger partial charge in [-0.25, -0.2) is 0 Å². The molecule has 7 nitrogen and oxygen atoms in total. The number of piperazine rings is 1. The van der Waals surface area contributed by atoms with Gasteiger partial charge in [-0.2, -0.15) is 0 Å². The zero-order valence-corrected chi connectivity index (χ0v) is 13.8. The van der Waals surface area contributed by atoms with Gasteiger partial charge >= 0.3 is 0 Å². The maximum absolute atomic E-state index is 12.4. The molecule has 1 aliphatic heterocycles. The molecule has 22 heavy (non-hydrogen) atoms. The third kappa shape index (κ3) is 4.38. The zero-order chi connectivity index (χ0) is 16.3. The first-order valence-electron chi connectivity index (χ1n) is 7.51. The first-order valence-corrected chi connectivity index (χ1v) is 7.51. The number of aromatic nitrogens is 2. The fourth-order valence-electron chi connectivity index (χ4n) is 2.50. The molecular formula is C15H25N5O2. The Bertz CT molecular complexity index is 502. The number of carbonyl (C=O) groups excluding carboxylic acids is 1. The van der Waals surface area contributed by atoms with E-state index in [-0.39, 0.29) is 5.91 Å². The summed E-state index contributed by atoms with van der Waals surface area (Å²) >= 11 is 0. The molecule has 0 aromatic carbocycles. The van der Waals surface area contributed by atoms with Crippen LogP contribution in [0.2, 0.25) is 0 Å². The van der Waals surface area contributed by atoms with Crippen molar-refractivity contribution in [3.63, 3.8) is 0 Å². The van der Waals surface area contributed by atoms with Crippen molar-refractivity contribution in [2.24, 2.45) is 0 Å². The second kappa shape index (κ2) is 6.58. The lowest BCUT2D eigenvalue weighted by Gasteiger charge is -2.37. The van der Waals surface area contributed by atoms with E-state index in [2.05, 4.69) is 15.1 Å². The highest BCUT2D eigenvalue weighted by Crippen LogP contribution is 2.12. The van der Waals surface area contributed by atoms with Crippen molar-refractivity contribution in [2.75, 3.05) is 51.7 Å². The molecule has 0 bridgehead atoms. The second-order valence-electron chi connectivity index (χ2n) is 6.55. The molecule has 0 spiro atoms. The number of rotatable bonds is 4. The molecule has 1 aromatic heterocycles. The standard InChI is InChI=1S/C15H25N5O2/c1-15(2,22)11-19-7-9-20(10-8-19)14(21)12-5-6-13(17-16-12)18(3)4/h5-6,22H,7-11H2,1-4H3. The number of hydrogen-bond acceptors (Lipinski definition) is 6. The normalized spacial score (nSPS) is 16.7. The molecule has 1 aliphatic rings. The number of hydrogen-bond donors (Lipinski definition) is 1. The van der Waals surface area contributed by atoms with E-state index in [1.54, 1.807) is 30.9 Å². The molecule has 122 valence electrons. The largest absolute Gasteiger partial charge is 0.389 e. The summed E-state index contributed by atoms with van der Waals surface area (Å²) in [5.74, 6) is 0.646. The monoisotopic (exact) mass is 307 g/mol. The molecule has 1 saturated heterocycles. The van der Waals surface area contributed by atoms with E-state index in [0.717, 1.165) is 18.9 Å². The van der Waals surface area contributed by atoms with Crippen LogP contribution in [0.5, 0.6) is 0 Å². The molecular weight excluding hydrogens is 282 g/mol. The van der Waals surface area contributed by atoms with E-state index in [1.165, 1.54) is 0 Å². The molecule has 7 heteroatoms. The Hall–Kier alpha value is -1.73. The first-order chi connectivity index (χ1) is 10.3. The Morgan fingerprint density at radius 1 is 1.23 bits per heavy atom. The van der Waals surface area contributed by atoms with E-state index >= 15 is 0 Å². The van der Waals surface area contributed by atoms with Crippen LogP contribution in [0.4, 0.5) is 5.82 Å². The van der Waals surface area contributed by atoms with Gasteiger partial charge in [0, 0.05) is 46.8 Å². The SMILES string of the molecule is CN(C)c1ccc(C(=O)N2CCN(CC(C)(C)O)CC2)nn1. The smallest absolute Gasteiger partial charge is 0.274 e. The average Bonchev–Trinajstić information content (AvgIpc) is 2.46. The maximum atomic E-state index is 12.4. The van der Waals surface area contributed by atoms with Crippen LogP contribution in [0.25, 0.3) is 0 Å². The van der Waals surface area contributed by atoms with Gasteiger partial charge in [-0.05, 0) is 26.0 Å². The van der Waals surface area contributed by atoms with Crippen molar-refractivity contribution in [3.05, 3.63) is 17.8 Å². The number of amides is 1. The minimum atomic E-state index is -0.709. The zero-order valence-electron chi connectivity index (χ0n) is 13.8. The Labute approximate surface area is 131 Å². The fourth-order valence-corrected chi connectivity index (χ4v) is 2.50. The molecule has 0 saturated carbocycles. The Morgan fingerprint density at radius 2 is 1.86 bits per heavy atom. The van der Waals surface area contributed by atoms with E-state index in [0.29, 0.717) is 25.3 Å². The van der Waals surface area contributed by atoms with Crippen LogP contribution >= 0.6 is 0 Å². The summed E-state index contributed by atoms with van der Waals surface area (Å²) in [6, 6.07) is 3.51. The van der Waals surface area contributed by atoms with Gasteiger partial charge in [0.05, 0.1) is 5.60 Å². The number of nitrogens with zero attached hydrogens (tertiary/aromatic N) is 5. The van der Waals surface area contributed by atoms with Crippen molar-refractivity contribution in [2.45, 2.75) is 19.4 Å². The summed E-state index contributed by atoms with van der Waals surface area (Å²) in [4.78, 5) is 18.2. The van der Waals surface area contributed by atoms with Crippen molar-refractivity contribution >= 4 is 11.7 Å². The molecule has 1 N–H and O–H groups in total. The predicted molar refractivity (Wildman–Crippen MR) is 85.0 cm³/mol. The predicted octanol–water partition coefficient (Wildman–Crippen LogP) is 0.0713. The van der Waals surface area contributed by atoms with E-state index < -0.39 is 5.60 Å². The minimum absolute atomic E-state index is 0.0827. The summed E-state index contributed by atoms with van der Waals surface area (Å²) in [6.07, 6.45) is 0. The van der Waals surface area contributed by atoms with Crippen LogP contribution in [0.3, 0.4) is 0 Å². The Balaban J connectivity index is 1.92. The van der Waals surface area contributed by atoms with Crippen LogP contribution in [0.1, 0.15) is 24.3 Å². The number of carbonyl (C=O) groups is 1. The number of anilines is 1. The van der Waals surface area contributed by atoms with Gasteiger partial charge in [0.2, 0.25) is 0 Å². The van der Waals surface area contributed by atoms with Crippen LogP contribution < -0.4 is 4.90 Å². The van der Waals surface area contributed by atoms with Crippen LogP contribution in [-0.4, -0.2) is 83.4 Å². The Kier molecular flexibility index (Phi) is 4.97. The highest BCUT2D eigenvalue weighted by atomic mass is 16.3. The first kappa shape index (κ1) is 16.6. The van der Waals surface area contributed by atoms with Gasteiger partial charge in [0.1, 0.15) is 0 Å². The molecule has 1 amide bonds. The molecule has 0 unspecified atom stereocenters. The van der Waals surface area contributed by atoms with Gasteiger partial charge in [0.25, 0.3) is 5.91 Å². The molecule has 1 fully saturated rings. The maximum Gasteiger partial charge on any atom is 0.274 e. The minimum Gasteiger partial charge on any atom is -0.389 e.